The van der Waals surface area contributed by atoms with E-state index >= 15 is 0 Å². The summed E-state index contributed by atoms with van der Waals surface area (Å²) in [5, 5.41) is 0. The van der Waals surface area contributed by atoms with Crippen molar-refractivity contribution in [3.8, 4) is 0 Å². The molecule has 0 spiro atoms. The van der Waals surface area contributed by atoms with Crippen LogP contribution in [0.1, 0.15) is 6.42 Å². The first kappa shape index (κ1) is 12.4. The van der Waals surface area contributed by atoms with Crippen LogP contribution in [0.15, 0.2) is 4.99 Å². The molecule has 1 rings (SSSR count). The van der Waals surface area contributed by atoms with Crippen LogP contribution in [0.5, 0.6) is 0 Å². The molecule has 16 heavy (non-hydrogen) atoms. The summed E-state index contributed by atoms with van der Waals surface area (Å²) in [6.45, 7) is -0.554. The zero-order valence-electron chi connectivity index (χ0n) is 7.84. The van der Waals surface area contributed by atoms with Gasteiger partial charge in [0.25, 0.3) is 11.9 Å². The van der Waals surface area contributed by atoms with E-state index in [-0.39, 0.29) is 12.4 Å². The van der Waals surface area contributed by atoms with Crippen molar-refractivity contribution in [2.24, 2.45) is 10.7 Å². The van der Waals surface area contributed by atoms with E-state index in [1.165, 1.54) is 0 Å². The van der Waals surface area contributed by atoms with E-state index in [0.29, 0.717) is 0 Å². The number of nitrogens with two attached hydrogens (primary N) is 1. The van der Waals surface area contributed by atoms with Gasteiger partial charge in [0.1, 0.15) is 0 Å². The fourth-order valence-electron chi connectivity index (χ4n) is 0.904. The number of carbonyl (C=O) groups excluding carboxylic acids is 3. The van der Waals surface area contributed by atoms with E-state index in [4.69, 9.17) is 10.5 Å². The van der Waals surface area contributed by atoms with Gasteiger partial charge in [0.15, 0.2) is 29.0 Å². The fourth-order valence-corrected chi connectivity index (χ4v) is 0.998. The Bertz CT molecular complexity index is 355. The number of rotatable bonds is 4. The van der Waals surface area contributed by atoms with Gasteiger partial charge in [-0.2, -0.15) is 4.99 Å². The van der Waals surface area contributed by atoms with Gasteiger partial charge in [-0.3, -0.25) is 9.59 Å². The van der Waals surface area contributed by atoms with Crippen LogP contribution in [0.3, 0.4) is 0 Å². The second-order valence-electron chi connectivity index (χ2n) is 2.71. The van der Waals surface area contributed by atoms with Crippen molar-refractivity contribution in [2.45, 2.75) is 12.5 Å². The van der Waals surface area contributed by atoms with E-state index in [1.54, 1.807) is 0 Å². The van der Waals surface area contributed by atoms with Crippen molar-refractivity contribution in [1.29, 1.82) is 0 Å². The van der Waals surface area contributed by atoms with Gasteiger partial charge >= 0.3 is 11.9 Å². The first-order valence-electron chi connectivity index (χ1n) is 4.04. The maximum atomic E-state index is 11.1. The number of hydrogen-bond acceptors (Lipinski definition) is 7. The average molecular weight is 295 g/mol. The Morgan fingerprint density at radius 1 is 1.50 bits per heavy atom. The standard InChI is InChI=1S/C7H7BrN2O6/c8-16-5(12)2-14-4(11)1-3-6(13)10-7(9)15-3/h3H,1-2H2,(H2,9,10,13). The molecule has 2 N–H and O–H groups in total. The largest absolute Gasteiger partial charge is 0.454 e. The Morgan fingerprint density at radius 2 is 2.19 bits per heavy atom. The Kier molecular flexibility index (Phi) is 4.23. The summed E-state index contributed by atoms with van der Waals surface area (Å²) in [4.78, 5) is 36.0. The first-order valence-corrected chi connectivity index (χ1v) is 4.69. The molecule has 0 saturated carbocycles. The molecule has 88 valence electrons. The van der Waals surface area contributed by atoms with Crippen LogP contribution in [0.2, 0.25) is 0 Å². The van der Waals surface area contributed by atoms with Gasteiger partial charge in [0.05, 0.1) is 6.42 Å². The number of ether oxygens (including phenoxy) is 2. The molecule has 1 aliphatic rings. The lowest BCUT2D eigenvalue weighted by Gasteiger charge is -2.07. The predicted octanol–water partition coefficient (Wildman–Crippen LogP) is -0.987. The summed E-state index contributed by atoms with van der Waals surface area (Å²) in [5.74, 6) is -2.22. The van der Waals surface area contributed by atoms with E-state index < -0.39 is 30.6 Å². The second-order valence-corrected chi connectivity index (χ2v) is 3.03. The van der Waals surface area contributed by atoms with Crippen LogP contribution in [0.4, 0.5) is 0 Å². The SMILES string of the molecule is NC1=NC(=O)C(CC(=O)OCC(=O)OBr)O1. The highest BCUT2D eigenvalue weighted by atomic mass is 79.9. The molecule has 0 radical (unpaired) electrons. The first-order chi connectivity index (χ1) is 7.52. The third-order valence-electron chi connectivity index (χ3n) is 1.55. The molecule has 8 nitrogen and oxygen atoms in total. The topological polar surface area (TPSA) is 117 Å². The van der Waals surface area contributed by atoms with Crippen molar-refractivity contribution < 1.29 is 27.7 Å². The molecule has 0 saturated heterocycles. The van der Waals surface area contributed by atoms with Crippen LogP contribution >= 0.6 is 16.3 Å². The highest BCUT2D eigenvalue weighted by molar-refractivity contribution is 9.06. The fraction of sp³-hybridized carbons (Fsp3) is 0.429. The zero-order chi connectivity index (χ0) is 12.1. The summed E-state index contributed by atoms with van der Waals surface area (Å²) >= 11 is 2.42. The molecule has 0 aromatic rings. The average Bonchev–Trinajstić information content (AvgIpc) is 2.54. The lowest BCUT2D eigenvalue weighted by atomic mass is 10.2. The van der Waals surface area contributed by atoms with Crippen molar-refractivity contribution in [3.05, 3.63) is 0 Å². The van der Waals surface area contributed by atoms with E-state index in [1.807, 2.05) is 0 Å². The maximum Gasteiger partial charge on any atom is 0.355 e. The van der Waals surface area contributed by atoms with Gasteiger partial charge in [-0.15, -0.1) is 0 Å². The summed E-state index contributed by atoms with van der Waals surface area (Å²) in [6, 6.07) is -0.289. The number of carbonyl (C=O) groups is 3. The van der Waals surface area contributed by atoms with Gasteiger partial charge in [-0.1, -0.05) is 0 Å². The maximum absolute atomic E-state index is 11.1. The van der Waals surface area contributed by atoms with Gasteiger partial charge in [-0.05, 0) is 0 Å². The molecule has 0 fully saturated rings. The molecule has 0 aromatic carbocycles. The molecule has 0 bridgehead atoms. The molecule has 0 aromatic heterocycles. The number of hydrogen-bond donors (Lipinski definition) is 1. The summed E-state index contributed by atoms with van der Waals surface area (Å²) in [6.07, 6.45) is -1.44. The van der Waals surface area contributed by atoms with Crippen LogP contribution in [-0.2, 0) is 27.7 Å². The summed E-state index contributed by atoms with van der Waals surface area (Å²) < 4.78 is 13.3. The summed E-state index contributed by atoms with van der Waals surface area (Å²) in [7, 11) is 0. The zero-order valence-corrected chi connectivity index (χ0v) is 9.43. The number of halogens is 1. The van der Waals surface area contributed by atoms with Crippen molar-refractivity contribution in [2.75, 3.05) is 6.61 Å². The van der Waals surface area contributed by atoms with Gasteiger partial charge in [0, 0.05) is 0 Å². The van der Waals surface area contributed by atoms with E-state index in [2.05, 4.69) is 29.8 Å². The molecular formula is C7H7BrN2O6. The van der Waals surface area contributed by atoms with Crippen LogP contribution < -0.4 is 5.73 Å². The number of amidine groups is 1. The third kappa shape index (κ3) is 3.50. The van der Waals surface area contributed by atoms with Crippen LogP contribution in [0, 0.1) is 0 Å². The van der Waals surface area contributed by atoms with Gasteiger partial charge in [0.2, 0.25) is 0 Å². The van der Waals surface area contributed by atoms with Gasteiger partial charge < -0.3 is 19.0 Å². The van der Waals surface area contributed by atoms with Crippen molar-refractivity contribution >= 4 is 40.1 Å². The molecule has 0 aliphatic carbocycles. The molecular weight excluding hydrogens is 288 g/mol. The summed E-state index contributed by atoms with van der Waals surface area (Å²) in [5.41, 5.74) is 5.11. The minimum absolute atomic E-state index is 0.289. The number of amides is 1. The molecule has 1 atom stereocenters. The lowest BCUT2D eigenvalue weighted by Crippen LogP contribution is -2.25. The predicted molar refractivity (Wildman–Crippen MR) is 52.1 cm³/mol. The van der Waals surface area contributed by atoms with E-state index in [0.717, 1.165) is 0 Å². The number of esters is 1. The second kappa shape index (κ2) is 5.45. The van der Waals surface area contributed by atoms with E-state index in [9.17, 15) is 14.4 Å². The highest BCUT2D eigenvalue weighted by Gasteiger charge is 2.30. The Labute approximate surface area is 98.2 Å². The van der Waals surface area contributed by atoms with Gasteiger partial charge in [-0.25, -0.2) is 4.79 Å². The Hall–Kier alpha value is -1.64. The lowest BCUT2D eigenvalue weighted by molar-refractivity contribution is -0.154. The monoisotopic (exact) mass is 294 g/mol. The minimum Gasteiger partial charge on any atom is -0.454 e. The minimum atomic E-state index is -1.08. The Morgan fingerprint density at radius 3 is 2.69 bits per heavy atom. The van der Waals surface area contributed by atoms with Crippen LogP contribution in [0.25, 0.3) is 0 Å². The van der Waals surface area contributed by atoms with Crippen molar-refractivity contribution in [3.63, 3.8) is 0 Å². The molecule has 1 heterocycles. The molecule has 1 amide bonds. The van der Waals surface area contributed by atoms with Crippen molar-refractivity contribution in [1.82, 2.24) is 0 Å². The van der Waals surface area contributed by atoms with Crippen LogP contribution in [-0.4, -0.2) is 36.6 Å². The molecule has 9 heteroatoms. The number of nitrogens with zero attached hydrogens (tertiary/aromatic N) is 1. The molecule has 1 unspecified atom stereocenters. The highest BCUT2D eigenvalue weighted by Crippen LogP contribution is 2.09. The Balaban J connectivity index is 2.31. The molecule has 1 aliphatic heterocycles. The normalized spacial score (nSPS) is 18.7. The third-order valence-corrected chi connectivity index (χ3v) is 1.91. The smallest absolute Gasteiger partial charge is 0.355 e. The number of aliphatic imine (C=N–C) groups is 1. The quantitative estimate of drug-likeness (QED) is 0.662.